The highest BCUT2D eigenvalue weighted by molar-refractivity contribution is 9.10. The van der Waals surface area contributed by atoms with Gasteiger partial charge >= 0.3 is 0 Å². The highest BCUT2D eigenvalue weighted by Gasteiger charge is 2.11. The van der Waals surface area contributed by atoms with Crippen molar-refractivity contribution in [3.8, 4) is 0 Å². The smallest absolute Gasteiger partial charge is 0.256 e. The van der Waals surface area contributed by atoms with Gasteiger partial charge in [0.25, 0.3) is 5.91 Å². The van der Waals surface area contributed by atoms with Gasteiger partial charge in [-0.05, 0) is 58.7 Å². The lowest BCUT2D eigenvalue weighted by atomic mass is 10.1. The Morgan fingerprint density at radius 3 is 2.57 bits per heavy atom. The van der Waals surface area contributed by atoms with Crippen molar-refractivity contribution in [2.75, 3.05) is 30.0 Å². The molecule has 5 heteroatoms. The van der Waals surface area contributed by atoms with Gasteiger partial charge in [-0.15, -0.1) is 0 Å². The predicted octanol–water partition coefficient (Wildman–Crippen LogP) is 3.66. The molecule has 0 aliphatic heterocycles. The van der Waals surface area contributed by atoms with Crippen LogP contribution in [0.25, 0.3) is 0 Å². The van der Waals surface area contributed by atoms with E-state index in [-0.39, 0.29) is 5.91 Å². The minimum atomic E-state index is -0.192. The van der Waals surface area contributed by atoms with E-state index in [0.717, 1.165) is 16.9 Å². The minimum Gasteiger partial charge on any atom is -0.399 e. The van der Waals surface area contributed by atoms with E-state index < -0.39 is 0 Å². The number of rotatable bonds is 3. The molecule has 0 aromatic heterocycles. The Labute approximate surface area is 133 Å². The first kappa shape index (κ1) is 15.4. The number of benzene rings is 2. The third kappa shape index (κ3) is 3.55. The number of nitrogens with two attached hydrogens (primary N) is 1. The first-order chi connectivity index (χ1) is 9.88. The summed E-state index contributed by atoms with van der Waals surface area (Å²) >= 11 is 3.37. The fraction of sp³-hybridized carbons (Fsp3) is 0.188. The molecular weight excluding hydrogens is 330 g/mol. The van der Waals surface area contributed by atoms with Crippen LogP contribution in [0.2, 0.25) is 0 Å². The Kier molecular flexibility index (Phi) is 4.53. The molecule has 0 radical (unpaired) electrons. The summed E-state index contributed by atoms with van der Waals surface area (Å²) in [5.74, 6) is -0.192. The van der Waals surface area contributed by atoms with E-state index in [2.05, 4.69) is 21.2 Å². The molecule has 2 aromatic rings. The molecule has 3 N–H and O–H groups in total. The highest BCUT2D eigenvalue weighted by atomic mass is 79.9. The molecule has 0 unspecified atom stereocenters. The van der Waals surface area contributed by atoms with Crippen LogP contribution in [0.15, 0.2) is 40.9 Å². The molecule has 21 heavy (non-hydrogen) atoms. The molecule has 0 heterocycles. The summed E-state index contributed by atoms with van der Waals surface area (Å²) in [5.41, 5.74) is 9.79. The van der Waals surface area contributed by atoms with Crippen LogP contribution in [0.4, 0.5) is 17.1 Å². The molecule has 0 bridgehead atoms. The largest absolute Gasteiger partial charge is 0.399 e. The third-order valence-corrected chi connectivity index (χ3v) is 3.88. The maximum atomic E-state index is 12.3. The molecule has 4 nitrogen and oxygen atoms in total. The first-order valence-electron chi connectivity index (χ1n) is 6.53. The SMILES string of the molecule is Cc1ccc(NC(=O)c2cc(N)ccc2Br)cc1N(C)C. The van der Waals surface area contributed by atoms with Crippen LogP contribution in [-0.2, 0) is 0 Å². The molecule has 0 aliphatic rings. The van der Waals surface area contributed by atoms with Crippen molar-refractivity contribution < 1.29 is 4.79 Å². The number of anilines is 3. The van der Waals surface area contributed by atoms with Crippen molar-refractivity contribution in [3.05, 3.63) is 52.0 Å². The number of aryl methyl sites for hydroxylation is 1. The number of nitrogens with zero attached hydrogens (tertiary/aromatic N) is 1. The fourth-order valence-corrected chi connectivity index (χ4v) is 2.51. The molecule has 110 valence electrons. The third-order valence-electron chi connectivity index (χ3n) is 3.18. The average Bonchev–Trinajstić information content (AvgIpc) is 2.43. The number of hydrogen-bond donors (Lipinski definition) is 2. The van der Waals surface area contributed by atoms with Crippen LogP contribution >= 0.6 is 15.9 Å². The van der Waals surface area contributed by atoms with E-state index in [1.54, 1.807) is 18.2 Å². The Morgan fingerprint density at radius 2 is 1.90 bits per heavy atom. The first-order valence-corrected chi connectivity index (χ1v) is 7.32. The zero-order chi connectivity index (χ0) is 15.6. The number of carbonyl (C=O) groups is 1. The van der Waals surface area contributed by atoms with Crippen molar-refractivity contribution in [2.45, 2.75) is 6.92 Å². The monoisotopic (exact) mass is 347 g/mol. The van der Waals surface area contributed by atoms with Gasteiger partial charge in [-0.25, -0.2) is 0 Å². The second kappa shape index (κ2) is 6.18. The molecule has 2 rings (SSSR count). The normalized spacial score (nSPS) is 10.3. The lowest BCUT2D eigenvalue weighted by molar-refractivity contribution is 0.102. The van der Waals surface area contributed by atoms with Crippen molar-refractivity contribution in [3.63, 3.8) is 0 Å². The summed E-state index contributed by atoms with van der Waals surface area (Å²) in [6, 6.07) is 11.0. The van der Waals surface area contributed by atoms with Crippen molar-refractivity contribution in [1.29, 1.82) is 0 Å². The van der Waals surface area contributed by atoms with Gasteiger partial charge in [0.05, 0.1) is 5.56 Å². The van der Waals surface area contributed by atoms with Gasteiger partial charge in [0.15, 0.2) is 0 Å². The quantitative estimate of drug-likeness (QED) is 0.833. The number of hydrogen-bond acceptors (Lipinski definition) is 3. The summed E-state index contributed by atoms with van der Waals surface area (Å²) in [5, 5.41) is 2.90. The summed E-state index contributed by atoms with van der Waals surface area (Å²) in [6.45, 7) is 2.04. The molecule has 0 aliphatic carbocycles. The number of halogens is 1. The molecule has 0 saturated carbocycles. The van der Waals surface area contributed by atoms with Crippen molar-refractivity contribution in [1.82, 2.24) is 0 Å². The molecule has 0 saturated heterocycles. The van der Waals surface area contributed by atoms with Crippen LogP contribution in [-0.4, -0.2) is 20.0 Å². The lowest BCUT2D eigenvalue weighted by Crippen LogP contribution is -2.15. The van der Waals surface area contributed by atoms with Gasteiger partial charge < -0.3 is 16.0 Å². The van der Waals surface area contributed by atoms with E-state index in [9.17, 15) is 4.79 Å². The zero-order valence-corrected chi connectivity index (χ0v) is 13.9. The second-order valence-electron chi connectivity index (χ2n) is 5.09. The Morgan fingerprint density at radius 1 is 1.19 bits per heavy atom. The maximum Gasteiger partial charge on any atom is 0.256 e. The number of amides is 1. The molecular formula is C16H18BrN3O. The average molecular weight is 348 g/mol. The molecule has 0 atom stereocenters. The lowest BCUT2D eigenvalue weighted by Gasteiger charge is -2.17. The van der Waals surface area contributed by atoms with Crippen molar-refractivity contribution >= 4 is 38.9 Å². The van der Waals surface area contributed by atoms with Gasteiger partial charge in [-0.3, -0.25) is 4.79 Å². The van der Waals surface area contributed by atoms with Gasteiger partial charge in [0.2, 0.25) is 0 Å². The van der Waals surface area contributed by atoms with E-state index >= 15 is 0 Å². The molecule has 0 fully saturated rings. The van der Waals surface area contributed by atoms with Crippen LogP contribution in [0.5, 0.6) is 0 Å². The zero-order valence-electron chi connectivity index (χ0n) is 12.3. The summed E-state index contributed by atoms with van der Waals surface area (Å²) in [6.07, 6.45) is 0. The highest BCUT2D eigenvalue weighted by Crippen LogP contribution is 2.24. The van der Waals surface area contributed by atoms with E-state index in [0.29, 0.717) is 15.7 Å². The number of nitrogens with one attached hydrogen (secondary N) is 1. The molecule has 0 spiro atoms. The van der Waals surface area contributed by atoms with Gasteiger partial charge in [0.1, 0.15) is 0 Å². The Balaban J connectivity index is 2.27. The Hall–Kier alpha value is -2.01. The standard InChI is InChI=1S/C16H18BrN3O/c1-10-4-6-12(9-15(10)20(2)3)19-16(21)13-8-11(18)5-7-14(13)17/h4-9H,18H2,1-3H3,(H,19,21). The molecule has 1 amide bonds. The fourth-order valence-electron chi connectivity index (χ4n) is 2.08. The summed E-state index contributed by atoms with van der Waals surface area (Å²) in [4.78, 5) is 14.4. The van der Waals surface area contributed by atoms with Gasteiger partial charge in [-0.2, -0.15) is 0 Å². The van der Waals surface area contributed by atoms with Crippen molar-refractivity contribution in [2.24, 2.45) is 0 Å². The topological polar surface area (TPSA) is 58.4 Å². The minimum absolute atomic E-state index is 0.192. The molecule has 2 aromatic carbocycles. The van der Waals surface area contributed by atoms with Crippen LogP contribution in [0.1, 0.15) is 15.9 Å². The summed E-state index contributed by atoms with van der Waals surface area (Å²) in [7, 11) is 3.95. The van der Waals surface area contributed by atoms with Crippen LogP contribution in [0, 0.1) is 6.92 Å². The predicted molar refractivity (Wildman–Crippen MR) is 92.0 cm³/mol. The van der Waals surface area contributed by atoms with Gasteiger partial charge in [0, 0.05) is 35.6 Å². The van der Waals surface area contributed by atoms with Gasteiger partial charge in [-0.1, -0.05) is 6.07 Å². The van der Waals surface area contributed by atoms with E-state index in [1.165, 1.54) is 0 Å². The van der Waals surface area contributed by atoms with Crippen LogP contribution in [0.3, 0.4) is 0 Å². The maximum absolute atomic E-state index is 12.3. The van der Waals surface area contributed by atoms with E-state index in [4.69, 9.17) is 5.73 Å². The van der Waals surface area contributed by atoms with Crippen LogP contribution < -0.4 is 16.0 Å². The number of nitrogen functional groups attached to an aromatic ring is 1. The Bertz CT molecular complexity index is 683. The summed E-state index contributed by atoms with van der Waals surface area (Å²) < 4.78 is 0.717. The second-order valence-corrected chi connectivity index (χ2v) is 5.94. The van der Waals surface area contributed by atoms with E-state index in [1.807, 2.05) is 44.1 Å². The number of carbonyl (C=O) groups excluding carboxylic acids is 1.